The lowest BCUT2D eigenvalue weighted by Gasteiger charge is -2.24. The lowest BCUT2D eigenvalue weighted by atomic mass is 10.1. The molecule has 17 heavy (non-hydrogen) atoms. The van der Waals surface area contributed by atoms with Crippen LogP contribution in [0.3, 0.4) is 0 Å². The van der Waals surface area contributed by atoms with Crippen LogP contribution in [0.25, 0.3) is 0 Å². The summed E-state index contributed by atoms with van der Waals surface area (Å²) in [6, 6.07) is 0.856. The molecule has 1 atom stereocenters. The van der Waals surface area contributed by atoms with E-state index in [1.807, 2.05) is 0 Å². The highest BCUT2D eigenvalue weighted by Gasteiger charge is 2.22. The van der Waals surface area contributed by atoms with E-state index in [0.29, 0.717) is 0 Å². The van der Waals surface area contributed by atoms with Gasteiger partial charge in [0.25, 0.3) is 0 Å². The van der Waals surface area contributed by atoms with Gasteiger partial charge in [-0.05, 0) is 51.7 Å². The van der Waals surface area contributed by atoms with E-state index in [-0.39, 0.29) is 0 Å². The summed E-state index contributed by atoms with van der Waals surface area (Å²) in [6.45, 7) is 5.82. The summed E-state index contributed by atoms with van der Waals surface area (Å²) in [5.74, 6) is 0. The van der Waals surface area contributed by atoms with Crippen molar-refractivity contribution in [2.24, 2.45) is 5.73 Å². The van der Waals surface area contributed by atoms with E-state index < -0.39 is 0 Å². The van der Waals surface area contributed by atoms with E-state index >= 15 is 0 Å². The summed E-state index contributed by atoms with van der Waals surface area (Å²) in [5, 5.41) is 0. The molecule has 0 aromatic carbocycles. The minimum absolute atomic E-state index is 0.856. The Morgan fingerprint density at radius 1 is 1.06 bits per heavy atom. The molecule has 0 saturated carbocycles. The van der Waals surface area contributed by atoms with Crippen LogP contribution in [0, 0.1) is 0 Å². The largest absolute Gasteiger partial charge is 0.330 e. The van der Waals surface area contributed by atoms with Crippen LogP contribution >= 0.6 is 0 Å². The van der Waals surface area contributed by atoms with Crippen molar-refractivity contribution in [1.29, 1.82) is 0 Å². The average Bonchev–Trinajstić information content (AvgIpc) is 2.78. The molecule has 2 nitrogen and oxygen atoms in total. The highest BCUT2D eigenvalue weighted by molar-refractivity contribution is 4.78. The highest BCUT2D eigenvalue weighted by Crippen LogP contribution is 2.21. The van der Waals surface area contributed by atoms with Gasteiger partial charge >= 0.3 is 0 Å². The third kappa shape index (κ3) is 6.42. The first-order valence-corrected chi connectivity index (χ1v) is 7.82. The van der Waals surface area contributed by atoms with Crippen molar-refractivity contribution < 1.29 is 0 Å². The van der Waals surface area contributed by atoms with E-state index in [1.165, 1.54) is 77.3 Å². The molecule has 2 heteroatoms. The molecule has 0 spiro atoms. The first-order chi connectivity index (χ1) is 8.38. The third-order valence-electron chi connectivity index (χ3n) is 4.04. The van der Waals surface area contributed by atoms with Crippen molar-refractivity contribution in [3.8, 4) is 0 Å². The van der Waals surface area contributed by atoms with Gasteiger partial charge in [0.15, 0.2) is 0 Å². The van der Waals surface area contributed by atoms with Crippen LogP contribution in [-0.2, 0) is 0 Å². The Bertz CT molecular complexity index is 170. The lowest BCUT2D eigenvalue weighted by Crippen LogP contribution is -2.30. The van der Waals surface area contributed by atoms with Crippen molar-refractivity contribution in [1.82, 2.24) is 4.90 Å². The Labute approximate surface area is 108 Å². The highest BCUT2D eigenvalue weighted by atomic mass is 15.2. The molecule has 1 aliphatic heterocycles. The van der Waals surface area contributed by atoms with Gasteiger partial charge in [0.05, 0.1) is 0 Å². The van der Waals surface area contributed by atoms with Gasteiger partial charge in [-0.1, -0.05) is 39.0 Å². The van der Waals surface area contributed by atoms with Crippen LogP contribution in [0.5, 0.6) is 0 Å². The molecule has 102 valence electrons. The number of unbranched alkanes of at least 4 members (excludes halogenated alkanes) is 5. The summed E-state index contributed by atoms with van der Waals surface area (Å²) in [4.78, 5) is 2.72. The topological polar surface area (TPSA) is 29.3 Å². The van der Waals surface area contributed by atoms with E-state index in [1.54, 1.807) is 0 Å². The summed E-state index contributed by atoms with van der Waals surface area (Å²) in [6.07, 6.45) is 13.8. The standard InChI is InChI=1S/C15H32N2/c1-2-3-4-5-6-7-13-17-14-9-11-15(17)10-8-12-16/h15H,2-14,16H2,1H3. The van der Waals surface area contributed by atoms with Crippen LogP contribution < -0.4 is 5.73 Å². The molecule has 1 heterocycles. The number of hydrogen-bond donors (Lipinski definition) is 1. The minimum Gasteiger partial charge on any atom is -0.330 e. The first-order valence-electron chi connectivity index (χ1n) is 7.82. The van der Waals surface area contributed by atoms with Crippen LogP contribution in [-0.4, -0.2) is 30.6 Å². The van der Waals surface area contributed by atoms with E-state index in [0.717, 1.165) is 12.6 Å². The molecule has 0 radical (unpaired) electrons. The molecule has 0 bridgehead atoms. The Hall–Kier alpha value is -0.0800. The Balaban J connectivity index is 2.00. The number of hydrogen-bond acceptors (Lipinski definition) is 2. The number of nitrogens with zero attached hydrogens (tertiary/aromatic N) is 1. The number of likely N-dealkylation sites (tertiary alicyclic amines) is 1. The van der Waals surface area contributed by atoms with Gasteiger partial charge in [0, 0.05) is 6.04 Å². The van der Waals surface area contributed by atoms with Gasteiger partial charge < -0.3 is 10.6 Å². The molecule has 1 saturated heterocycles. The molecule has 1 rings (SSSR count). The molecular weight excluding hydrogens is 208 g/mol. The van der Waals surface area contributed by atoms with Gasteiger partial charge in [0.1, 0.15) is 0 Å². The molecular formula is C15H32N2. The summed E-state index contributed by atoms with van der Waals surface area (Å²) in [7, 11) is 0. The van der Waals surface area contributed by atoms with Crippen molar-refractivity contribution in [2.45, 2.75) is 77.2 Å². The molecule has 1 fully saturated rings. The van der Waals surface area contributed by atoms with E-state index in [9.17, 15) is 0 Å². The lowest BCUT2D eigenvalue weighted by molar-refractivity contribution is 0.235. The van der Waals surface area contributed by atoms with Crippen LogP contribution in [0.15, 0.2) is 0 Å². The zero-order valence-electron chi connectivity index (χ0n) is 11.8. The van der Waals surface area contributed by atoms with Crippen molar-refractivity contribution in [3.05, 3.63) is 0 Å². The first kappa shape index (κ1) is 15.0. The van der Waals surface area contributed by atoms with Gasteiger partial charge in [-0.3, -0.25) is 0 Å². The van der Waals surface area contributed by atoms with Gasteiger partial charge in [0.2, 0.25) is 0 Å². The third-order valence-corrected chi connectivity index (χ3v) is 4.04. The number of rotatable bonds is 10. The van der Waals surface area contributed by atoms with Crippen molar-refractivity contribution in [2.75, 3.05) is 19.6 Å². The summed E-state index contributed by atoms with van der Waals surface area (Å²) >= 11 is 0. The van der Waals surface area contributed by atoms with Crippen molar-refractivity contribution in [3.63, 3.8) is 0 Å². The Morgan fingerprint density at radius 2 is 1.82 bits per heavy atom. The monoisotopic (exact) mass is 240 g/mol. The number of nitrogens with two attached hydrogens (primary N) is 1. The zero-order valence-corrected chi connectivity index (χ0v) is 11.8. The quantitative estimate of drug-likeness (QED) is 0.592. The Kier molecular flexibility index (Phi) is 8.72. The molecule has 0 amide bonds. The SMILES string of the molecule is CCCCCCCCN1CCCC1CCCN. The maximum absolute atomic E-state index is 5.60. The molecule has 1 unspecified atom stereocenters. The van der Waals surface area contributed by atoms with Crippen LogP contribution in [0.1, 0.15) is 71.1 Å². The van der Waals surface area contributed by atoms with Crippen LogP contribution in [0.2, 0.25) is 0 Å². The van der Waals surface area contributed by atoms with Gasteiger partial charge in [-0.15, -0.1) is 0 Å². The maximum Gasteiger partial charge on any atom is 0.00962 e. The van der Waals surface area contributed by atoms with Crippen molar-refractivity contribution >= 4 is 0 Å². The summed E-state index contributed by atoms with van der Waals surface area (Å²) in [5.41, 5.74) is 5.60. The van der Waals surface area contributed by atoms with E-state index in [4.69, 9.17) is 5.73 Å². The zero-order chi connectivity index (χ0) is 12.3. The average molecular weight is 240 g/mol. The summed E-state index contributed by atoms with van der Waals surface area (Å²) < 4.78 is 0. The van der Waals surface area contributed by atoms with E-state index in [2.05, 4.69) is 11.8 Å². The van der Waals surface area contributed by atoms with Gasteiger partial charge in [-0.2, -0.15) is 0 Å². The minimum atomic E-state index is 0.856. The Morgan fingerprint density at radius 3 is 2.59 bits per heavy atom. The fourth-order valence-corrected chi connectivity index (χ4v) is 2.97. The molecule has 0 aromatic rings. The van der Waals surface area contributed by atoms with Gasteiger partial charge in [-0.25, -0.2) is 0 Å². The predicted octanol–water partition coefficient (Wildman–Crippen LogP) is 3.55. The van der Waals surface area contributed by atoms with Crippen LogP contribution in [0.4, 0.5) is 0 Å². The second-order valence-corrected chi connectivity index (χ2v) is 5.53. The fraction of sp³-hybridized carbons (Fsp3) is 1.00. The molecule has 2 N–H and O–H groups in total. The predicted molar refractivity (Wildman–Crippen MR) is 76.3 cm³/mol. The second-order valence-electron chi connectivity index (χ2n) is 5.53. The smallest absolute Gasteiger partial charge is 0.00962 e. The normalized spacial score (nSPS) is 21.2. The second kappa shape index (κ2) is 9.90. The molecule has 0 aliphatic carbocycles. The molecule has 1 aliphatic rings. The fourth-order valence-electron chi connectivity index (χ4n) is 2.97. The maximum atomic E-state index is 5.60. The molecule has 0 aromatic heterocycles.